The van der Waals surface area contributed by atoms with Crippen LogP contribution in [0.25, 0.3) is 11.0 Å². The Bertz CT molecular complexity index is 763. The van der Waals surface area contributed by atoms with Crippen molar-refractivity contribution in [2.24, 2.45) is 0 Å². The Morgan fingerprint density at radius 3 is 1.65 bits per heavy atom. The van der Waals surface area contributed by atoms with Crippen LogP contribution >= 0.6 is 0 Å². The zero-order chi connectivity index (χ0) is 14.3. The molecule has 0 amide bonds. The first kappa shape index (κ1) is 12.2. The Labute approximate surface area is 112 Å². The molecule has 0 bridgehead atoms. The minimum atomic E-state index is -0.586. The largest absolute Gasteiger partial charge is 0.464 e. The molecule has 0 saturated carbocycles. The molecule has 0 aromatic carbocycles. The lowest BCUT2D eigenvalue weighted by molar-refractivity contribution is 0.0586. The van der Waals surface area contributed by atoms with Gasteiger partial charge in [0.2, 0.25) is 0 Å². The van der Waals surface area contributed by atoms with Crippen LogP contribution in [0.2, 0.25) is 0 Å². The molecule has 8 nitrogen and oxygen atoms in total. The molecule has 3 aromatic heterocycles. The van der Waals surface area contributed by atoms with Crippen LogP contribution < -0.4 is 0 Å². The van der Waals surface area contributed by atoms with E-state index in [2.05, 4.69) is 9.97 Å². The van der Waals surface area contributed by atoms with Crippen molar-refractivity contribution in [3.05, 3.63) is 36.4 Å². The highest BCUT2D eigenvalue weighted by atomic mass is 16.5. The fourth-order valence-electron chi connectivity index (χ4n) is 2.05. The van der Waals surface area contributed by atoms with Gasteiger partial charge in [0.25, 0.3) is 0 Å². The second kappa shape index (κ2) is 4.34. The summed E-state index contributed by atoms with van der Waals surface area (Å²) in [5.41, 5.74) is 1.11. The van der Waals surface area contributed by atoms with Gasteiger partial charge in [0, 0.05) is 12.4 Å². The Morgan fingerprint density at radius 1 is 0.900 bits per heavy atom. The second-order valence-electron chi connectivity index (χ2n) is 3.98. The zero-order valence-corrected chi connectivity index (χ0v) is 10.7. The molecule has 0 radical (unpaired) electrons. The van der Waals surface area contributed by atoms with E-state index >= 15 is 0 Å². The Balaban J connectivity index is 2.43. The number of ether oxygens (including phenoxy) is 2. The first-order chi connectivity index (χ1) is 9.67. The third-order valence-corrected chi connectivity index (χ3v) is 2.96. The van der Waals surface area contributed by atoms with Gasteiger partial charge in [-0.25, -0.2) is 19.6 Å². The van der Waals surface area contributed by atoms with Gasteiger partial charge in [-0.3, -0.25) is 0 Å². The summed E-state index contributed by atoms with van der Waals surface area (Å²) >= 11 is 0. The van der Waals surface area contributed by atoms with E-state index in [1.807, 2.05) is 0 Å². The van der Waals surface area contributed by atoms with Gasteiger partial charge in [-0.2, -0.15) is 0 Å². The van der Waals surface area contributed by atoms with Crippen LogP contribution in [0.4, 0.5) is 0 Å². The van der Waals surface area contributed by atoms with E-state index in [1.165, 1.54) is 26.9 Å². The number of imidazole rings is 2. The van der Waals surface area contributed by atoms with Gasteiger partial charge in [0.05, 0.1) is 14.2 Å². The molecule has 0 saturated heterocycles. The molecule has 20 heavy (non-hydrogen) atoms. The maximum atomic E-state index is 11.8. The molecule has 3 aromatic rings. The van der Waals surface area contributed by atoms with E-state index in [4.69, 9.17) is 9.47 Å². The SMILES string of the molecule is COC(=O)c1ncn2ccn3cnc(C(=O)OC)c3c12. The van der Waals surface area contributed by atoms with Crippen LogP contribution in [0, 0.1) is 0 Å². The Kier molecular flexibility index (Phi) is 2.63. The average Bonchev–Trinajstić information content (AvgIpc) is 3.08. The van der Waals surface area contributed by atoms with Gasteiger partial charge in [0.15, 0.2) is 11.4 Å². The summed E-state index contributed by atoms with van der Waals surface area (Å²) < 4.78 is 12.6. The molecule has 0 unspecified atom stereocenters. The quantitative estimate of drug-likeness (QED) is 0.634. The van der Waals surface area contributed by atoms with Crippen LogP contribution in [0.3, 0.4) is 0 Å². The highest BCUT2D eigenvalue weighted by Gasteiger charge is 2.22. The fourth-order valence-corrected chi connectivity index (χ4v) is 2.05. The molecule has 0 atom stereocenters. The average molecular weight is 274 g/mol. The normalized spacial score (nSPS) is 10.9. The Morgan fingerprint density at radius 2 is 1.30 bits per heavy atom. The summed E-state index contributed by atoms with van der Waals surface area (Å²) in [6, 6.07) is 0. The van der Waals surface area contributed by atoms with Crippen molar-refractivity contribution in [1.82, 2.24) is 18.8 Å². The highest BCUT2D eigenvalue weighted by Crippen LogP contribution is 2.21. The van der Waals surface area contributed by atoms with Crippen molar-refractivity contribution < 1.29 is 19.1 Å². The summed E-state index contributed by atoms with van der Waals surface area (Å²) in [5.74, 6) is -1.17. The molecule has 3 heterocycles. The van der Waals surface area contributed by atoms with Crippen molar-refractivity contribution in [3.8, 4) is 0 Å². The predicted octanol–water partition coefficient (Wildman–Crippen LogP) is 0.555. The molecule has 0 spiro atoms. The Hall–Kier alpha value is -2.90. The van der Waals surface area contributed by atoms with Gasteiger partial charge in [-0.1, -0.05) is 0 Å². The van der Waals surface area contributed by atoms with E-state index in [0.717, 1.165) is 0 Å². The topological polar surface area (TPSA) is 87.2 Å². The summed E-state index contributed by atoms with van der Waals surface area (Å²) in [6.45, 7) is 0. The minimum absolute atomic E-state index is 0.115. The summed E-state index contributed by atoms with van der Waals surface area (Å²) in [5, 5.41) is 0. The third kappa shape index (κ3) is 1.54. The number of rotatable bonds is 2. The van der Waals surface area contributed by atoms with Crippen molar-refractivity contribution in [2.75, 3.05) is 14.2 Å². The van der Waals surface area contributed by atoms with Crippen molar-refractivity contribution in [1.29, 1.82) is 0 Å². The lowest BCUT2D eigenvalue weighted by Crippen LogP contribution is -2.06. The number of hydrogen-bond donors (Lipinski definition) is 0. The van der Waals surface area contributed by atoms with Gasteiger partial charge < -0.3 is 18.3 Å². The molecular weight excluding hydrogens is 264 g/mol. The van der Waals surface area contributed by atoms with Gasteiger partial charge in [-0.15, -0.1) is 0 Å². The smallest absolute Gasteiger partial charge is 0.359 e. The van der Waals surface area contributed by atoms with E-state index < -0.39 is 11.9 Å². The highest BCUT2D eigenvalue weighted by molar-refractivity contribution is 6.06. The predicted molar refractivity (Wildman–Crippen MR) is 66.6 cm³/mol. The summed E-state index contributed by atoms with van der Waals surface area (Å²) in [4.78, 5) is 31.6. The zero-order valence-electron chi connectivity index (χ0n) is 10.7. The number of esters is 2. The molecule has 3 rings (SSSR count). The number of carbonyl (C=O) groups is 2. The number of carbonyl (C=O) groups excluding carboxylic acids is 2. The monoisotopic (exact) mass is 274 g/mol. The first-order valence-electron chi connectivity index (χ1n) is 5.66. The standard InChI is InChI=1S/C12H10N4O4/c1-19-11(17)7-9-10-8(12(18)20-2)14-6-16(10)4-3-15(9)5-13-7/h3-6H,1-2H3. The molecule has 0 aliphatic heterocycles. The maximum Gasteiger partial charge on any atom is 0.359 e. The minimum Gasteiger partial charge on any atom is -0.464 e. The first-order valence-corrected chi connectivity index (χ1v) is 5.66. The molecule has 0 fully saturated rings. The van der Waals surface area contributed by atoms with Crippen LogP contribution in [0.15, 0.2) is 25.0 Å². The van der Waals surface area contributed by atoms with E-state index in [-0.39, 0.29) is 11.4 Å². The van der Waals surface area contributed by atoms with Gasteiger partial charge >= 0.3 is 11.9 Å². The fraction of sp³-hybridized carbons (Fsp3) is 0.167. The maximum absolute atomic E-state index is 11.8. The van der Waals surface area contributed by atoms with Gasteiger partial charge in [-0.05, 0) is 0 Å². The molecule has 0 aliphatic carbocycles. The van der Waals surface area contributed by atoms with Crippen LogP contribution in [0.1, 0.15) is 21.0 Å². The van der Waals surface area contributed by atoms with Crippen LogP contribution in [-0.2, 0) is 9.47 Å². The van der Waals surface area contributed by atoms with Crippen molar-refractivity contribution in [3.63, 3.8) is 0 Å². The molecule has 102 valence electrons. The van der Waals surface area contributed by atoms with Crippen molar-refractivity contribution >= 4 is 23.0 Å². The number of nitrogens with zero attached hydrogens (tertiary/aromatic N) is 4. The molecule has 0 aliphatic rings. The molecule has 8 heteroatoms. The van der Waals surface area contributed by atoms with Crippen molar-refractivity contribution in [2.45, 2.75) is 0 Å². The lowest BCUT2D eigenvalue weighted by atomic mass is 10.2. The van der Waals surface area contributed by atoms with Crippen LogP contribution in [-0.4, -0.2) is 44.9 Å². The summed E-state index contributed by atoms with van der Waals surface area (Å²) in [6.07, 6.45) is 6.33. The number of methoxy groups -OCH3 is 2. The van der Waals surface area contributed by atoms with E-state index in [0.29, 0.717) is 11.0 Å². The second-order valence-corrected chi connectivity index (χ2v) is 3.98. The number of aromatic nitrogens is 4. The third-order valence-electron chi connectivity index (χ3n) is 2.96. The molecule has 0 N–H and O–H groups in total. The van der Waals surface area contributed by atoms with Crippen LogP contribution in [0.5, 0.6) is 0 Å². The lowest BCUT2D eigenvalue weighted by Gasteiger charge is -2.02. The van der Waals surface area contributed by atoms with E-state index in [1.54, 1.807) is 21.2 Å². The summed E-state index contributed by atoms with van der Waals surface area (Å²) in [7, 11) is 2.54. The number of fused-ring (bicyclic) bond motifs is 3. The number of hydrogen-bond acceptors (Lipinski definition) is 6. The molecular formula is C12H10N4O4. The van der Waals surface area contributed by atoms with E-state index in [9.17, 15) is 9.59 Å². The van der Waals surface area contributed by atoms with Gasteiger partial charge in [0.1, 0.15) is 23.7 Å².